The lowest BCUT2D eigenvalue weighted by Crippen LogP contribution is -2.36. The molecule has 0 bridgehead atoms. The minimum atomic E-state index is -0.409. The van der Waals surface area contributed by atoms with Gasteiger partial charge in [0.15, 0.2) is 0 Å². The molecule has 4 heteroatoms. The van der Waals surface area contributed by atoms with Crippen molar-refractivity contribution in [1.82, 2.24) is 4.90 Å². The molecule has 0 heterocycles. The molecule has 1 rings (SSSR count). The van der Waals surface area contributed by atoms with Gasteiger partial charge in [0.05, 0.1) is 6.61 Å². The maximum atomic E-state index is 12.3. The molecule has 0 atom stereocenters. The van der Waals surface area contributed by atoms with Crippen LogP contribution in [0, 0.1) is 0 Å². The third-order valence-electron chi connectivity index (χ3n) is 2.87. The predicted octanol–water partition coefficient (Wildman–Crippen LogP) is 2.44. The Morgan fingerprint density at radius 1 is 1.25 bits per heavy atom. The highest BCUT2D eigenvalue weighted by Crippen LogP contribution is 2.08. The molecule has 0 aliphatic rings. The zero-order chi connectivity index (χ0) is 15.0. The van der Waals surface area contributed by atoms with Crippen molar-refractivity contribution in [3.63, 3.8) is 0 Å². The molecule has 4 nitrogen and oxygen atoms in total. The first kappa shape index (κ1) is 16.0. The van der Waals surface area contributed by atoms with E-state index in [2.05, 4.69) is 13.5 Å². The van der Waals surface area contributed by atoms with Gasteiger partial charge in [0.25, 0.3) is 5.91 Å². The van der Waals surface area contributed by atoms with Crippen molar-refractivity contribution in [2.75, 3.05) is 19.7 Å². The lowest BCUT2D eigenvalue weighted by molar-refractivity contribution is -0.143. The molecule has 0 spiro atoms. The normalized spacial score (nSPS) is 9.90. The highest BCUT2D eigenvalue weighted by atomic mass is 16.5. The van der Waals surface area contributed by atoms with E-state index >= 15 is 0 Å². The fourth-order valence-corrected chi connectivity index (χ4v) is 1.80. The lowest BCUT2D eigenvalue weighted by Gasteiger charge is -2.20. The van der Waals surface area contributed by atoms with Crippen molar-refractivity contribution < 1.29 is 14.3 Å². The number of amides is 1. The summed E-state index contributed by atoms with van der Waals surface area (Å²) in [6.45, 7) is 7.96. The van der Waals surface area contributed by atoms with Gasteiger partial charge in [-0.15, -0.1) is 6.58 Å². The molecule has 0 unspecified atom stereocenters. The highest BCUT2D eigenvalue weighted by Gasteiger charge is 2.18. The molecule has 1 amide bonds. The summed E-state index contributed by atoms with van der Waals surface area (Å²) < 4.78 is 4.87. The summed E-state index contributed by atoms with van der Waals surface area (Å²) in [5, 5.41) is 0. The van der Waals surface area contributed by atoms with Gasteiger partial charge in [-0.05, 0) is 31.0 Å². The Labute approximate surface area is 120 Å². The van der Waals surface area contributed by atoms with Crippen LogP contribution in [0.25, 0.3) is 0 Å². The maximum absolute atomic E-state index is 12.3. The van der Waals surface area contributed by atoms with Crippen LogP contribution >= 0.6 is 0 Å². The van der Waals surface area contributed by atoms with Crippen molar-refractivity contribution in [3.05, 3.63) is 48.0 Å². The maximum Gasteiger partial charge on any atom is 0.325 e. The lowest BCUT2D eigenvalue weighted by atomic mass is 10.1. The van der Waals surface area contributed by atoms with E-state index in [0.29, 0.717) is 18.7 Å². The van der Waals surface area contributed by atoms with Gasteiger partial charge in [0.1, 0.15) is 6.54 Å². The Hall–Kier alpha value is -2.10. The van der Waals surface area contributed by atoms with E-state index in [1.807, 2.05) is 12.1 Å². The van der Waals surface area contributed by atoms with E-state index in [0.717, 1.165) is 6.42 Å². The molecular formula is C16H21NO3. The molecular weight excluding hydrogens is 254 g/mol. The summed E-state index contributed by atoms with van der Waals surface area (Å²) in [7, 11) is 0. The van der Waals surface area contributed by atoms with Gasteiger partial charge in [0.2, 0.25) is 0 Å². The van der Waals surface area contributed by atoms with Crippen LogP contribution in [-0.4, -0.2) is 36.5 Å². The number of carbonyl (C=O) groups is 2. The first-order chi connectivity index (χ1) is 9.62. The molecule has 0 aliphatic carbocycles. The van der Waals surface area contributed by atoms with E-state index in [1.54, 1.807) is 25.1 Å². The molecule has 0 saturated carbocycles. The van der Waals surface area contributed by atoms with E-state index in [9.17, 15) is 9.59 Å². The van der Waals surface area contributed by atoms with E-state index in [-0.39, 0.29) is 12.5 Å². The van der Waals surface area contributed by atoms with Crippen LogP contribution < -0.4 is 0 Å². The Morgan fingerprint density at radius 2 is 1.90 bits per heavy atom. The molecule has 0 aromatic heterocycles. The number of esters is 1. The fraction of sp³-hybridized carbons (Fsp3) is 0.375. The standard InChI is InChI=1S/C16H21NO3/c1-4-11-17(12-15(18)20-6-3)16(19)14-9-7-13(5-2)8-10-14/h4,7-10H,1,5-6,11-12H2,2-3H3. The van der Waals surface area contributed by atoms with Gasteiger partial charge in [0, 0.05) is 12.1 Å². The molecule has 0 aliphatic heterocycles. The summed E-state index contributed by atoms with van der Waals surface area (Å²) in [5.41, 5.74) is 1.73. The Balaban J connectivity index is 2.81. The largest absolute Gasteiger partial charge is 0.465 e. The van der Waals surface area contributed by atoms with E-state index in [4.69, 9.17) is 4.74 Å². The van der Waals surface area contributed by atoms with Crippen LogP contribution in [0.15, 0.2) is 36.9 Å². The zero-order valence-corrected chi connectivity index (χ0v) is 12.1. The topological polar surface area (TPSA) is 46.6 Å². The minimum Gasteiger partial charge on any atom is -0.465 e. The van der Waals surface area contributed by atoms with Crippen LogP contribution in [0.3, 0.4) is 0 Å². The second kappa shape index (κ2) is 8.15. The summed E-state index contributed by atoms with van der Waals surface area (Å²) in [4.78, 5) is 25.3. The number of carbonyl (C=O) groups excluding carboxylic acids is 2. The van der Waals surface area contributed by atoms with Gasteiger partial charge in [-0.25, -0.2) is 0 Å². The zero-order valence-electron chi connectivity index (χ0n) is 12.1. The minimum absolute atomic E-state index is 0.0613. The monoisotopic (exact) mass is 275 g/mol. The number of nitrogens with zero attached hydrogens (tertiary/aromatic N) is 1. The van der Waals surface area contributed by atoms with E-state index in [1.165, 1.54) is 10.5 Å². The predicted molar refractivity (Wildman–Crippen MR) is 78.6 cm³/mol. The first-order valence-corrected chi connectivity index (χ1v) is 6.77. The van der Waals surface area contributed by atoms with Gasteiger partial charge >= 0.3 is 5.97 Å². The molecule has 1 aromatic carbocycles. The van der Waals surface area contributed by atoms with Crippen molar-refractivity contribution in [1.29, 1.82) is 0 Å². The quantitative estimate of drug-likeness (QED) is 0.567. The molecule has 108 valence electrons. The molecule has 20 heavy (non-hydrogen) atoms. The number of hydrogen-bond donors (Lipinski definition) is 0. The molecule has 0 radical (unpaired) electrons. The first-order valence-electron chi connectivity index (χ1n) is 6.77. The van der Waals surface area contributed by atoms with Crippen LogP contribution in [0.4, 0.5) is 0 Å². The SMILES string of the molecule is C=CCN(CC(=O)OCC)C(=O)c1ccc(CC)cc1. The summed E-state index contributed by atoms with van der Waals surface area (Å²) >= 11 is 0. The molecule has 1 aromatic rings. The Morgan fingerprint density at radius 3 is 2.40 bits per heavy atom. The van der Waals surface area contributed by atoms with Gasteiger partial charge in [-0.3, -0.25) is 9.59 Å². The Bertz CT molecular complexity index is 465. The number of ether oxygens (including phenoxy) is 1. The second-order valence-corrected chi connectivity index (χ2v) is 4.33. The molecule has 0 N–H and O–H groups in total. The average molecular weight is 275 g/mol. The average Bonchev–Trinajstić information content (AvgIpc) is 2.46. The summed E-state index contributed by atoms with van der Waals surface area (Å²) in [5.74, 6) is -0.603. The third kappa shape index (κ3) is 4.53. The van der Waals surface area contributed by atoms with Crippen LogP contribution in [0.1, 0.15) is 29.8 Å². The van der Waals surface area contributed by atoms with Crippen molar-refractivity contribution >= 4 is 11.9 Å². The van der Waals surface area contributed by atoms with Crippen LogP contribution in [0.2, 0.25) is 0 Å². The molecule has 0 fully saturated rings. The number of hydrogen-bond acceptors (Lipinski definition) is 3. The van der Waals surface area contributed by atoms with Crippen LogP contribution in [-0.2, 0) is 16.0 Å². The second-order valence-electron chi connectivity index (χ2n) is 4.33. The molecule has 0 saturated heterocycles. The van der Waals surface area contributed by atoms with Gasteiger partial charge in [-0.1, -0.05) is 25.1 Å². The fourth-order valence-electron chi connectivity index (χ4n) is 1.80. The van der Waals surface area contributed by atoms with Crippen molar-refractivity contribution in [2.24, 2.45) is 0 Å². The highest BCUT2D eigenvalue weighted by molar-refractivity contribution is 5.96. The van der Waals surface area contributed by atoms with Crippen molar-refractivity contribution in [2.45, 2.75) is 20.3 Å². The summed E-state index contributed by atoms with van der Waals surface area (Å²) in [6, 6.07) is 7.40. The van der Waals surface area contributed by atoms with Gasteiger partial charge in [-0.2, -0.15) is 0 Å². The smallest absolute Gasteiger partial charge is 0.325 e. The summed E-state index contributed by atoms with van der Waals surface area (Å²) in [6.07, 6.45) is 2.52. The van der Waals surface area contributed by atoms with Crippen LogP contribution in [0.5, 0.6) is 0 Å². The third-order valence-corrected chi connectivity index (χ3v) is 2.87. The number of rotatable bonds is 7. The van der Waals surface area contributed by atoms with E-state index < -0.39 is 5.97 Å². The van der Waals surface area contributed by atoms with Crippen molar-refractivity contribution in [3.8, 4) is 0 Å². The Kier molecular flexibility index (Phi) is 6.50. The van der Waals surface area contributed by atoms with Gasteiger partial charge < -0.3 is 9.64 Å². The number of aryl methyl sites for hydroxylation is 1. The number of benzene rings is 1.